The highest BCUT2D eigenvalue weighted by atomic mass is 35.5. The molecular formula is C13H12ClNO. The third-order valence-electron chi connectivity index (χ3n) is 2.43. The van der Waals surface area contributed by atoms with Crippen LogP contribution in [-0.2, 0) is 6.54 Å². The van der Waals surface area contributed by atoms with Crippen molar-refractivity contribution in [3.63, 3.8) is 0 Å². The Kier molecular flexibility index (Phi) is 3.42. The van der Waals surface area contributed by atoms with Gasteiger partial charge in [-0.1, -0.05) is 30.3 Å². The van der Waals surface area contributed by atoms with Gasteiger partial charge in [0.05, 0.1) is 11.6 Å². The number of Topliss-reactive ketones (excluding diaryl/α,β-unsaturated/α-hetero) is 1. The van der Waals surface area contributed by atoms with E-state index in [1.165, 1.54) is 5.56 Å². The highest BCUT2D eigenvalue weighted by molar-refractivity contribution is 6.30. The molecule has 0 aliphatic carbocycles. The fourth-order valence-electron chi connectivity index (χ4n) is 1.65. The van der Waals surface area contributed by atoms with E-state index in [4.69, 9.17) is 11.6 Å². The number of hydrogen-bond donors (Lipinski definition) is 0. The molecule has 0 saturated carbocycles. The lowest BCUT2D eigenvalue weighted by Gasteiger charge is -2.07. The second-order valence-electron chi connectivity index (χ2n) is 3.56. The van der Waals surface area contributed by atoms with Crippen molar-refractivity contribution in [3.8, 4) is 0 Å². The van der Waals surface area contributed by atoms with E-state index in [1.54, 1.807) is 6.07 Å². The number of carbonyl (C=O) groups is 1. The SMILES string of the molecule is O=C(CCl)c1cccn1Cc1ccccc1. The first-order valence-corrected chi connectivity index (χ1v) is 5.63. The Morgan fingerprint density at radius 1 is 1.12 bits per heavy atom. The summed E-state index contributed by atoms with van der Waals surface area (Å²) in [5, 5.41) is 0. The van der Waals surface area contributed by atoms with Crippen LogP contribution in [0.15, 0.2) is 48.7 Å². The Labute approximate surface area is 99.5 Å². The standard InChI is InChI=1S/C13H12ClNO/c14-9-13(16)12-7-4-8-15(12)10-11-5-2-1-3-6-11/h1-8H,9-10H2. The van der Waals surface area contributed by atoms with Crippen molar-refractivity contribution in [2.75, 3.05) is 5.88 Å². The summed E-state index contributed by atoms with van der Waals surface area (Å²) >= 11 is 5.56. The molecule has 0 N–H and O–H groups in total. The monoisotopic (exact) mass is 233 g/mol. The van der Waals surface area contributed by atoms with E-state index in [9.17, 15) is 4.79 Å². The molecule has 0 unspecified atom stereocenters. The van der Waals surface area contributed by atoms with E-state index >= 15 is 0 Å². The van der Waals surface area contributed by atoms with Crippen molar-refractivity contribution < 1.29 is 4.79 Å². The summed E-state index contributed by atoms with van der Waals surface area (Å²) in [7, 11) is 0. The molecule has 0 atom stereocenters. The summed E-state index contributed by atoms with van der Waals surface area (Å²) in [6, 6.07) is 13.7. The number of hydrogen-bond acceptors (Lipinski definition) is 1. The molecule has 0 saturated heterocycles. The number of halogens is 1. The molecule has 0 aliphatic heterocycles. The van der Waals surface area contributed by atoms with Crippen LogP contribution in [0.25, 0.3) is 0 Å². The van der Waals surface area contributed by atoms with Gasteiger partial charge in [-0.3, -0.25) is 4.79 Å². The average Bonchev–Trinajstić information content (AvgIpc) is 2.77. The minimum Gasteiger partial charge on any atom is -0.341 e. The normalized spacial score (nSPS) is 10.3. The Morgan fingerprint density at radius 2 is 1.88 bits per heavy atom. The third kappa shape index (κ3) is 2.34. The van der Waals surface area contributed by atoms with Gasteiger partial charge in [-0.05, 0) is 17.7 Å². The van der Waals surface area contributed by atoms with E-state index in [0.29, 0.717) is 12.2 Å². The summed E-state index contributed by atoms with van der Waals surface area (Å²) in [6.45, 7) is 0.700. The summed E-state index contributed by atoms with van der Waals surface area (Å²) in [5.74, 6) is -0.0127. The number of ketones is 1. The van der Waals surface area contributed by atoms with Crippen LogP contribution < -0.4 is 0 Å². The van der Waals surface area contributed by atoms with E-state index in [1.807, 2.05) is 47.2 Å². The first-order valence-electron chi connectivity index (χ1n) is 5.09. The maximum absolute atomic E-state index is 11.5. The molecule has 2 aromatic rings. The number of benzene rings is 1. The van der Waals surface area contributed by atoms with Gasteiger partial charge in [0.25, 0.3) is 0 Å². The minimum atomic E-state index is -0.0393. The van der Waals surface area contributed by atoms with Gasteiger partial charge in [0, 0.05) is 12.7 Å². The second kappa shape index (κ2) is 4.99. The Balaban J connectivity index is 2.22. The van der Waals surface area contributed by atoms with Gasteiger partial charge in [-0.15, -0.1) is 11.6 Å². The molecule has 0 fully saturated rings. The molecule has 1 heterocycles. The van der Waals surface area contributed by atoms with Gasteiger partial charge >= 0.3 is 0 Å². The third-order valence-corrected chi connectivity index (χ3v) is 2.68. The van der Waals surface area contributed by atoms with Crippen molar-refractivity contribution in [2.24, 2.45) is 0 Å². The number of nitrogens with zero attached hydrogens (tertiary/aromatic N) is 1. The Morgan fingerprint density at radius 3 is 2.56 bits per heavy atom. The summed E-state index contributed by atoms with van der Waals surface area (Å²) < 4.78 is 1.92. The smallest absolute Gasteiger partial charge is 0.193 e. The molecule has 0 aliphatic rings. The van der Waals surface area contributed by atoms with Gasteiger partial charge in [0.15, 0.2) is 5.78 Å². The highest BCUT2D eigenvalue weighted by Gasteiger charge is 2.09. The first-order chi connectivity index (χ1) is 7.81. The molecule has 1 aromatic carbocycles. The number of rotatable bonds is 4. The first kappa shape index (κ1) is 11.0. The second-order valence-corrected chi connectivity index (χ2v) is 3.83. The molecule has 1 aromatic heterocycles. The van der Waals surface area contributed by atoms with Crippen LogP contribution in [0.1, 0.15) is 16.1 Å². The molecule has 0 spiro atoms. The topological polar surface area (TPSA) is 22.0 Å². The zero-order valence-corrected chi connectivity index (χ0v) is 9.52. The zero-order chi connectivity index (χ0) is 11.4. The van der Waals surface area contributed by atoms with Crippen LogP contribution >= 0.6 is 11.6 Å². The Hall–Kier alpha value is -1.54. The summed E-state index contributed by atoms with van der Waals surface area (Å²) in [4.78, 5) is 11.5. The van der Waals surface area contributed by atoms with Crippen molar-refractivity contribution in [1.82, 2.24) is 4.57 Å². The minimum absolute atomic E-state index is 0.0266. The number of aromatic nitrogens is 1. The lowest BCUT2D eigenvalue weighted by molar-refractivity contribution is 0.101. The molecule has 0 radical (unpaired) electrons. The van der Waals surface area contributed by atoms with E-state index < -0.39 is 0 Å². The van der Waals surface area contributed by atoms with Gasteiger partial charge < -0.3 is 4.57 Å². The fourth-order valence-corrected chi connectivity index (χ4v) is 1.79. The van der Waals surface area contributed by atoms with Crippen molar-refractivity contribution in [2.45, 2.75) is 6.54 Å². The molecule has 2 rings (SSSR count). The maximum atomic E-state index is 11.5. The van der Waals surface area contributed by atoms with Gasteiger partial charge in [-0.2, -0.15) is 0 Å². The summed E-state index contributed by atoms with van der Waals surface area (Å²) in [6.07, 6.45) is 1.90. The predicted octanol–water partition coefficient (Wildman–Crippen LogP) is 2.96. The van der Waals surface area contributed by atoms with E-state index in [2.05, 4.69) is 0 Å². The van der Waals surface area contributed by atoms with Crippen LogP contribution in [0.4, 0.5) is 0 Å². The molecule has 0 amide bonds. The quantitative estimate of drug-likeness (QED) is 0.588. The van der Waals surface area contributed by atoms with Crippen molar-refractivity contribution in [1.29, 1.82) is 0 Å². The van der Waals surface area contributed by atoms with Gasteiger partial charge in [-0.25, -0.2) is 0 Å². The lowest BCUT2D eigenvalue weighted by Crippen LogP contribution is -2.10. The van der Waals surface area contributed by atoms with Crippen LogP contribution in [-0.4, -0.2) is 16.2 Å². The molecule has 2 nitrogen and oxygen atoms in total. The van der Waals surface area contributed by atoms with Gasteiger partial charge in [0.2, 0.25) is 0 Å². The maximum Gasteiger partial charge on any atom is 0.193 e. The van der Waals surface area contributed by atoms with E-state index in [-0.39, 0.29) is 11.7 Å². The molecular weight excluding hydrogens is 222 g/mol. The van der Waals surface area contributed by atoms with E-state index in [0.717, 1.165) is 0 Å². The zero-order valence-electron chi connectivity index (χ0n) is 8.77. The number of carbonyl (C=O) groups excluding carboxylic acids is 1. The molecule has 3 heteroatoms. The fraction of sp³-hybridized carbons (Fsp3) is 0.154. The predicted molar refractivity (Wildman–Crippen MR) is 65.0 cm³/mol. The van der Waals surface area contributed by atoms with Gasteiger partial charge in [0.1, 0.15) is 0 Å². The average molecular weight is 234 g/mol. The molecule has 16 heavy (non-hydrogen) atoms. The molecule has 0 bridgehead atoms. The lowest BCUT2D eigenvalue weighted by atomic mass is 10.2. The summed E-state index contributed by atoms with van der Waals surface area (Å²) in [5.41, 5.74) is 1.83. The van der Waals surface area contributed by atoms with Crippen LogP contribution in [0.3, 0.4) is 0 Å². The largest absolute Gasteiger partial charge is 0.341 e. The highest BCUT2D eigenvalue weighted by Crippen LogP contribution is 2.09. The van der Waals surface area contributed by atoms with Crippen LogP contribution in [0.5, 0.6) is 0 Å². The van der Waals surface area contributed by atoms with Crippen molar-refractivity contribution >= 4 is 17.4 Å². The molecule has 82 valence electrons. The van der Waals surface area contributed by atoms with Crippen LogP contribution in [0, 0.1) is 0 Å². The Bertz CT molecular complexity index is 476. The van der Waals surface area contributed by atoms with Crippen molar-refractivity contribution in [3.05, 3.63) is 59.9 Å². The van der Waals surface area contributed by atoms with Crippen LogP contribution in [0.2, 0.25) is 0 Å². The number of alkyl halides is 1.